The molecule has 0 aliphatic heterocycles. The molecule has 2 heteroatoms. The van der Waals surface area contributed by atoms with Gasteiger partial charge >= 0.3 is 0 Å². The van der Waals surface area contributed by atoms with Crippen LogP contribution in [0.5, 0.6) is 0 Å². The maximum Gasteiger partial charge on any atom is 0.123 e. The Hall–Kier alpha value is -0.890. The van der Waals surface area contributed by atoms with Gasteiger partial charge in [-0.15, -0.1) is 0 Å². The number of rotatable bonds is 2. The SMILES string of the molecule is CCC1CCC1(O)c1ccc(F)cc1. The van der Waals surface area contributed by atoms with Crippen molar-refractivity contribution < 1.29 is 9.50 Å². The Kier molecular flexibility index (Phi) is 2.31. The summed E-state index contributed by atoms with van der Waals surface area (Å²) >= 11 is 0. The summed E-state index contributed by atoms with van der Waals surface area (Å²) in [5.41, 5.74) is 0.166. The summed E-state index contributed by atoms with van der Waals surface area (Å²) in [7, 11) is 0. The molecular formula is C12H15FO. The Morgan fingerprint density at radius 3 is 2.50 bits per heavy atom. The first-order valence-electron chi connectivity index (χ1n) is 5.15. The number of benzene rings is 1. The van der Waals surface area contributed by atoms with Gasteiger partial charge in [0.1, 0.15) is 5.82 Å². The van der Waals surface area contributed by atoms with Crippen LogP contribution in [0.1, 0.15) is 31.7 Å². The predicted molar refractivity (Wildman–Crippen MR) is 53.3 cm³/mol. The van der Waals surface area contributed by atoms with E-state index in [0.29, 0.717) is 5.92 Å². The minimum atomic E-state index is -0.692. The molecule has 1 nitrogen and oxygen atoms in total. The zero-order valence-electron chi connectivity index (χ0n) is 8.33. The third-order valence-electron chi connectivity index (χ3n) is 3.39. The first kappa shape index (κ1) is 9.66. The molecule has 0 saturated heterocycles. The van der Waals surface area contributed by atoms with Gasteiger partial charge in [-0.3, -0.25) is 0 Å². The monoisotopic (exact) mass is 194 g/mol. The van der Waals surface area contributed by atoms with E-state index in [9.17, 15) is 9.50 Å². The number of hydrogen-bond donors (Lipinski definition) is 1. The second-order valence-electron chi connectivity index (χ2n) is 4.07. The molecule has 1 aliphatic rings. The fraction of sp³-hybridized carbons (Fsp3) is 0.500. The lowest BCUT2D eigenvalue weighted by atomic mass is 9.65. The predicted octanol–water partition coefficient (Wildman–Crippen LogP) is 2.83. The standard InChI is InChI=1S/C12H15FO/c1-2-9-7-8-12(9,14)10-3-5-11(13)6-4-10/h3-6,9,14H,2,7-8H2,1H3. The van der Waals surface area contributed by atoms with Crippen molar-refractivity contribution in [2.45, 2.75) is 31.8 Å². The molecule has 1 saturated carbocycles. The molecular weight excluding hydrogens is 179 g/mol. The third kappa shape index (κ3) is 1.34. The van der Waals surface area contributed by atoms with Crippen molar-refractivity contribution in [2.24, 2.45) is 5.92 Å². The molecule has 2 unspecified atom stereocenters. The molecule has 14 heavy (non-hydrogen) atoms. The van der Waals surface area contributed by atoms with Gasteiger partial charge in [0.2, 0.25) is 0 Å². The second kappa shape index (κ2) is 3.35. The van der Waals surface area contributed by atoms with Crippen LogP contribution in [0.25, 0.3) is 0 Å². The summed E-state index contributed by atoms with van der Waals surface area (Å²) in [5.74, 6) is 0.0951. The Morgan fingerprint density at radius 2 is 2.07 bits per heavy atom. The average molecular weight is 194 g/mol. The molecule has 1 aromatic carbocycles. The first-order chi connectivity index (χ1) is 6.66. The molecule has 1 aromatic rings. The first-order valence-corrected chi connectivity index (χ1v) is 5.15. The lowest BCUT2D eigenvalue weighted by Gasteiger charge is -2.45. The normalized spacial score (nSPS) is 31.2. The molecule has 1 aliphatic carbocycles. The van der Waals surface area contributed by atoms with Crippen LogP contribution < -0.4 is 0 Å². The minimum absolute atomic E-state index is 0.246. The van der Waals surface area contributed by atoms with E-state index < -0.39 is 5.60 Å². The molecule has 76 valence electrons. The van der Waals surface area contributed by atoms with Crippen molar-refractivity contribution in [1.82, 2.24) is 0 Å². The van der Waals surface area contributed by atoms with Crippen LogP contribution in [0, 0.1) is 11.7 Å². The van der Waals surface area contributed by atoms with E-state index in [4.69, 9.17) is 0 Å². The molecule has 0 heterocycles. The van der Waals surface area contributed by atoms with E-state index >= 15 is 0 Å². The molecule has 0 spiro atoms. The van der Waals surface area contributed by atoms with Crippen molar-refractivity contribution in [2.75, 3.05) is 0 Å². The molecule has 2 rings (SSSR count). The summed E-state index contributed by atoms with van der Waals surface area (Å²) in [6.07, 6.45) is 2.86. The highest BCUT2D eigenvalue weighted by Gasteiger charge is 2.45. The van der Waals surface area contributed by atoms with E-state index in [-0.39, 0.29) is 5.82 Å². The van der Waals surface area contributed by atoms with Gasteiger partial charge in [0.05, 0.1) is 5.60 Å². The van der Waals surface area contributed by atoms with Gasteiger partial charge in [0.25, 0.3) is 0 Å². The molecule has 1 N–H and O–H groups in total. The highest BCUT2D eigenvalue weighted by atomic mass is 19.1. The maximum absolute atomic E-state index is 12.7. The quantitative estimate of drug-likeness (QED) is 0.767. The maximum atomic E-state index is 12.7. The molecule has 0 bridgehead atoms. The summed E-state index contributed by atoms with van der Waals surface area (Å²) in [4.78, 5) is 0. The Bertz CT molecular complexity index is 318. The van der Waals surface area contributed by atoms with E-state index in [0.717, 1.165) is 24.8 Å². The van der Waals surface area contributed by atoms with E-state index in [1.165, 1.54) is 12.1 Å². The zero-order chi connectivity index (χ0) is 10.2. The Morgan fingerprint density at radius 1 is 1.43 bits per heavy atom. The molecule has 2 atom stereocenters. The van der Waals surface area contributed by atoms with Gasteiger partial charge in [0, 0.05) is 0 Å². The zero-order valence-corrected chi connectivity index (χ0v) is 8.33. The molecule has 0 aromatic heterocycles. The van der Waals surface area contributed by atoms with Crippen LogP contribution in [-0.4, -0.2) is 5.11 Å². The van der Waals surface area contributed by atoms with Gasteiger partial charge < -0.3 is 5.11 Å². The van der Waals surface area contributed by atoms with Crippen molar-refractivity contribution in [1.29, 1.82) is 0 Å². The van der Waals surface area contributed by atoms with Crippen molar-refractivity contribution in [3.63, 3.8) is 0 Å². The molecule has 0 radical (unpaired) electrons. The lowest BCUT2D eigenvalue weighted by molar-refractivity contribution is -0.103. The van der Waals surface area contributed by atoms with Crippen LogP contribution in [0.3, 0.4) is 0 Å². The Balaban J connectivity index is 2.26. The summed E-state index contributed by atoms with van der Waals surface area (Å²) in [5, 5.41) is 10.3. The largest absolute Gasteiger partial charge is 0.385 e. The van der Waals surface area contributed by atoms with Crippen molar-refractivity contribution >= 4 is 0 Å². The third-order valence-corrected chi connectivity index (χ3v) is 3.39. The fourth-order valence-corrected chi connectivity index (χ4v) is 2.28. The Labute approximate surface area is 83.6 Å². The molecule has 0 amide bonds. The smallest absolute Gasteiger partial charge is 0.123 e. The van der Waals surface area contributed by atoms with E-state index in [2.05, 4.69) is 6.92 Å². The van der Waals surface area contributed by atoms with Crippen molar-refractivity contribution in [3.05, 3.63) is 35.6 Å². The van der Waals surface area contributed by atoms with Crippen LogP contribution in [0.4, 0.5) is 4.39 Å². The number of halogens is 1. The minimum Gasteiger partial charge on any atom is -0.385 e. The summed E-state index contributed by atoms with van der Waals surface area (Å²) in [6, 6.07) is 6.21. The van der Waals surface area contributed by atoms with Crippen LogP contribution in [0.2, 0.25) is 0 Å². The van der Waals surface area contributed by atoms with E-state index in [1.54, 1.807) is 12.1 Å². The van der Waals surface area contributed by atoms with Crippen LogP contribution in [0.15, 0.2) is 24.3 Å². The number of hydrogen-bond acceptors (Lipinski definition) is 1. The van der Waals surface area contributed by atoms with Crippen LogP contribution >= 0.6 is 0 Å². The van der Waals surface area contributed by atoms with Gasteiger partial charge in [-0.1, -0.05) is 25.5 Å². The topological polar surface area (TPSA) is 20.2 Å². The number of aliphatic hydroxyl groups is 1. The van der Waals surface area contributed by atoms with Gasteiger partial charge in [-0.25, -0.2) is 4.39 Å². The van der Waals surface area contributed by atoms with Crippen molar-refractivity contribution in [3.8, 4) is 0 Å². The summed E-state index contributed by atoms with van der Waals surface area (Å²) in [6.45, 7) is 2.08. The van der Waals surface area contributed by atoms with Gasteiger partial charge in [0.15, 0.2) is 0 Å². The highest BCUT2D eigenvalue weighted by molar-refractivity contribution is 5.26. The average Bonchev–Trinajstić information content (AvgIpc) is 2.17. The highest BCUT2D eigenvalue weighted by Crippen LogP contribution is 2.48. The second-order valence-corrected chi connectivity index (χ2v) is 4.07. The van der Waals surface area contributed by atoms with Gasteiger partial charge in [-0.2, -0.15) is 0 Å². The van der Waals surface area contributed by atoms with Crippen LogP contribution in [-0.2, 0) is 5.60 Å². The lowest BCUT2D eigenvalue weighted by Crippen LogP contribution is -2.43. The van der Waals surface area contributed by atoms with Gasteiger partial charge in [-0.05, 0) is 36.5 Å². The summed E-state index contributed by atoms with van der Waals surface area (Å²) < 4.78 is 12.7. The van der Waals surface area contributed by atoms with E-state index in [1.807, 2.05) is 0 Å². The molecule has 1 fully saturated rings. The fourth-order valence-electron chi connectivity index (χ4n) is 2.28.